The lowest BCUT2D eigenvalue weighted by Gasteiger charge is -2.10. The van der Waals surface area contributed by atoms with Crippen molar-refractivity contribution in [1.82, 2.24) is 9.78 Å². The van der Waals surface area contributed by atoms with Gasteiger partial charge in [0.15, 0.2) is 0 Å². The predicted octanol–water partition coefficient (Wildman–Crippen LogP) is 2.55. The molecule has 0 saturated heterocycles. The summed E-state index contributed by atoms with van der Waals surface area (Å²) in [6, 6.07) is 7.34. The molecular formula is C12H14BrN3O2S. The fourth-order valence-corrected chi connectivity index (χ4v) is 3.68. The van der Waals surface area contributed by atoms with Crippen molar-refractivity contribution in [1.29, 1.82) is 0 Å². The third-order valence-electron chi connectivity index (χ3n) is 2.77. The smallest absolute Gasteiger partial charge is 0.266 e. The van der Waals surface area contributed by atoms with Gasteiger partial charge in [0.25, 0.3) is 10.0 Å². The Morgan fingerprint density at radius 2 is 2.05 bits per heavy atom. The van der Waals surface area contributed by atoms with E-state index < -0.39 is 10.0 Å². The second-order valence-corrected chi connectivity index (χ2v) is 6.44. The Hall–Kier alpha value is -1.34. The first-order valence-electron chi connectivity index (χ1n) is 5.74. The average molecular weight is 344 g/mol. The summed E-state index contributed by atoms with van der Waals surface area (Å²) in [6.45, 7) is 1.98. The maximum absolute atomic E-state index is 12.3. The third-order valence-corrected chi connectivity index (χ3v) is 5.34. The quantitative estimate of drug-likeness (QED) is 0.927. The highest BCUT2D eigenvalue weighted by atomic mass is 79.9. The van der Waals surface area contributed by atoms with Gasteiger partial charge >= 0.3 is 0 Å². The van der Waals surface area contributed by atoms with E-state index in [-0.39, 0.29) is 4.90 Å². The van der Waals surface area contributed by atoms with Crippen LogP contribution in [0.3, 0.4) is 0 Å². The summed E-state index contributed by atoms with van der Waals surface area (Å²) in [4.78, 5) is 0.126. The van der Waals surface area contributed by atoms with E-state index in [1.165, 1.54) is 10.9 Å². The van der Waals surface area contributed by atoms with Crippen molar-refractivity contribution in [3.63, 3.8) is 0 Å². The summed E-state index contributed by atoms with van der Waals surface area (Å²) < 4.78 is 29.1. The molecule has 0 bridgehead atoms. The molecule has 2 rings (SSSR count). The van der Waals surface area contributed by atoms with Crippen molar-refractivity contribution in [2.24, 2.45) is 7.05 Å². The maximum atomic E-state index is 12.3. The van der Waals surface area contributed by atoms with Gasteiger partial charge in [-0.25, -0.2) is 8.42 Å². The highest BCUT2D eigenvalue weighted by Crippen LogP contribution is 2.25. The van der Waals surface area contributed by atoms with Gasteiger partial charge in [-0.05, 0) is 34.0 Å². The van der Waals surface area contributed by atoms with E-state index in [1.807, 2.05) is 19.1 Å². The van der Waals surface area contributed by atoms with Gasteiger partial charge in [-0.1, -0.05) is 25.1 Å². The third kappa shape index (κ3) is 2.82. The Morgan fingerprint density at radius 3 is 2.63 bits per heavy atom. The van der Waals surface area contributed by atoms with Crippen molar-refractivity contribution >= 4 is 31.6 Å². The summed E-state index contributed by atoms with van der Waals surface area (Å²) in [5.74, 6) is 0. The molecule has 0 aliphatic carbocycles. The molecule has 0 atom stereocenters. The topological polar surface area (TPSA) is 64.0 Å². The van der Waals surface area contributed by atoms with Crippen LogP contribution in [0.5, 0.6) is 0 Å². The predicted molar refractivity (Wildman–Crippen MR) is 77.5 cm³/mol. The van der Waals surface area contributed by atoms with Crippen LogP contribution >= 0.6 is 15.9 Å². The maximum Gasteiger partial charge on any atom is 0.266 e. The lowest BCUT2D eigenvalue weighted by molar-refractivity contribution is 0.600. The molecule has 0 radical (unpaired) electrons. The highest BCUT2D eigenvalue weighted by molar-refractivity contribution is 9.10. The van der Waals surface area contributed by atoms with Crippen molar-refractivity contribution in [2.45, 2.75) is 18.2 Å². The van der Waals surface area contributed by atoms with E-state index in [1.54, 1.807) is 19.2 Å². The molecule has 0 fully saturated rings. The molecule has 1 heterocycles. The molecule has 0 unspecified atom stereocenters. The number of sulfonamides is 1. The fraction of sp³-hybridized carbons (Fsp3) is 0.250. The lowest BCUT2D eigenvalue weighted by atomic mass is 10.1. The molecule has 19 heavy (non-hydrogen) atoms. The molecule has 0 saturated carbocycles. The minimum Gasteiger partial charge on any atom is -0.279 e. The number of nitrogens with zero attached hydrogens (tertiary/aromatic N) is 2. The first-order valence-corrected chi connectivity index (χ1v) is 8.01. The number of aromatic nitrogens is 2. The zero-order chi connectivity index (χ0) is 14.0. The van der Waals surface area contributed by atoms with Gasteiger partial charge in [0, 0.05) is 7.05 Å². The molecule has 7 heteroatoms. The number of nitrogens with one attached hydrogen (secondary N) is 1. The van der Waals surface area contributed by atoms with Gasteiger partial charge in [-0.2, -0.15) is 5.10 Å². The minimum atomic E-state index is -3.64. The lowest BCUT2D eigenvalue weighted by Crippen LogP contribution is -2.14. The number of hydrogen-bond donors (Lipinski definition) is 1. The summed E-state index contributed by atoms with van der Waals surface area (Å²) in [5, 5.41) is 3.92. The highest BCUT2D eigenvalue weighted by Gasteiger charge is 2.21. The largest absolute Gasteiger partial charge is 0.279 e. The average Bonchev–Trinajstić information content (AvgIpc) is 2.71. The van der Waals surface area contributed by atoms with Crippen molar-refractivity contribution in [3.8, 4) is 0 Å². The zero-order valence-electron chi connectivity index (χ0n) is 10.6. The zero-order valence-corrected chi connectivity index (χ0v) is 13.0. The molecule has 102 valence electrons. The van der Waals surface area contributed by atoms with Gasteiger partial charge < -0.3 is 0 Å². The molecule has 5 nitrogen and oxygen atoms in total. The van der Waals surface area contributed by atoms with Crippen molar-refractivity contribution in [3.05, 3.63) is 40.6 Å². The second kappa shape index (κ2) is 5.34. The molecule has 0 amide bonds. The SMILES string of the molecule is CCc1ccccc1NS(=O)(=O)c1cnn(C)c1Br. The van der Waals surface area contributed by atoms with E-state index in [2.05, 4.69) is 25.8 Å². The van der Waals surface area contributed by atoms with Crippen LogP contribution < -0.4 is 4.72 Å². The standard InChI is InChI=1S/C12H14BrN3O2S/c1-3-9-6-4-5-7-10(9)15-19(17,18)11-8-14-16(2)12(11)13/h4-8,15H,3H2,1-2H3. The van der Waals surface area contributed by atoms with Crippen LogP contribution in [0.4, 0.5) is 5.69 Å². The first-order chi connectivity index (χ1) is 8.95. The Labute approximate surface area is 120 Å². The van der Waals surface area contributed by atoms with Crippen LogP contribution in [0.25, 0.3) is 0 Å². The van der Waals surface area contributed by atoms with Crippen molar-refractivity contribution in [2.75, 3.05) is 4.72 Å². The number of para-hydroxylation sites is 1. The van der Waals surface area contributed by atoms with Crippen molar-refractivity contribution < 1.29 is 8.42 Å². The van der Waals surface area contributed by atoms with Gasteiger partial charge in [0.2, 0.25) is 0 Å². The molecule has 1 aromatic carbocycles. The molecule has 1 N–H and O–H groups in total. The Morgan fingerprint density at radius 1 is 1.37 bits per heavy atom. The van der Waals surface area contributed by atoms with E-state index in [0.29, 0.717) is 10.3 Å². The van der Waals surface area contributed by atoms with E-state index in [9.17, 15) is 8.42 Å². The van der Waals surface area contributed by atoms with E-state index in [0.717, 1.165) is 12.0 Å². The number of halogens is 1. The van der Waals surface area contributed by atoms with Gasteiger partial charge in [-0.15, -0.1) is 0 Å². The van der Waals surface area contributed by atoms with Gasteiger partial charge in [0.05, 0.1) is 11.9 Å². The second-order valence-electron chi connectivity index (χ2n) is 4.04. The summed E-state index contributed by atoms with van der Waals surface area (Å²) in [7, 11) is -1.97. The van der Waals surface area contributed by atoms with Crippen LogP contribution in [-0.4, -0.2) is 18.2 Å². The molecular weight excluding hydrogens is 330 g/mol. The fourth-order valence-electron chi connectivity index (χ4n) is 1.71. The Balaban J connectivity index is 2.39. The van der Waals surface area contributed by atoms with Gasteiger partial charge in [-0.3, -0.25) is 9.40 Å². The number of hydrogen-bond acceptors (Lipinski definition) is 3. The number of aryl methyl sites for hydroxylation is 2. The Kier molecular flexibility index (Phi) is 3.96. The van der Waals surface area contributed by atoms with E-state index >= 15 is 0 Å². The number of anilines is 1. The summed E-state index contributed by atoms with van der Waals surface area (Å²) in [5.41, 5.74) is 1.55. The van der Waals surface area contributed by atoms with Crippen LogP contribution in [-0.2, 0) is 23.5 Å². The van der Waals surface area contributed by atoms with E-state index in [4.69, 9.17) is 0 Å². The van der Waals surface area contributed by atoms with Crippen LogP contribution in [0.15, 0.2) is 40.0 Å². The monoisotopic (exact) mass is 343 g/mol. The molecule has 0 spiro atoms. The summed E-state index contributed by atoms with van der Waals surface area (Å²) in [6.07, 6.45) is 2.08. The normalized spacial score (nSPS) is 11.5. The molecule has 2 aromatic rings. The number of rotatable bonds is 4. The number of benzene rings is 1. The Bertz CT molecular complexity index is 695. The minimum absolute atomic E-state index is 0.126. The van der Waals surface area contributed by atoms with Crippen LogP contribution in [0.1, 0.15) is 12.5 Å². The van der Waals surface area contributed by atoms with Crippen LogP contribution in [0, 0.1) is 0 Å². The first kappa shape index (κ1) is 14.1. The molecule has 0 aliphatic heterocycles. The molecule has 1 aromatic heterocycles. The van der Waals surface area contributed by atoms with Gasteiger partial charge in [0.1, 0.15) is 9.50 Å². The van der Waals surface area contributed by atoms with Crippen LogP contribution in [0.2, 0.25) is 0 Å². The summed E-state index contributed by atoms with van der Waals surface area (Å²) >= 11 is 3.22. The molecule has 0 aliphatic rings.